The molecule has 6 heteroatoms. The Morgan fingerprint density at radius 3 is 2.48 bits per heavy atom. The van der Waals surface area contributed by atoms with Crippen molar-refractivity contribution in [3.05, 3.63) is 53.1 Å². The van der Waals surface area contributed by atoms with Gasteiger partial charge in [0.1, 0.15) is 11.5 Å². The summed E-state index contributed by atoms with van der Waals surface area (Å²) in [7, 11) is 1.71. The Labute approximate surface area is 178 Å². The van der Waals surface area contributed by atoms with Gasteiger partial charge in [0.05, 0.1) is 12.1 Å². The number of halogens is 1. The van der Waals surface area contributed by atoms with Crippen LogP contribution >= 0.6 is 11.6 Å². The first-order chi connectivity index (χ1) is 14.1. The van der Waals surface area contributed by atoms with Crippen molar-refractivity contribution in [2.24, 2.45) is 0 Å². The number of hydrogen-bond acceptors (Lipinski definition) is 5. The van der Waals surface area contributed by atoms with Crippen molar-refractivity contribution in [1.29, 1.82) is 0 Å². The third kappa shape index (κ3) is 4.97. The average Bonchev–Trinajstić information content (AvgIpc) is 2.77. The largest absolute Gasteiger partial charge is 0.506 e. The summed E-state index contributed by atoms with van der Waals surface area (Å²) in [6.07, 6.45) is 2.50. The van der Waals surface area contributed by atoms with E-state index >= 15 is 0 Å². The molecule has 2 aliphatic heterocycles. The molecule has 2 aromatic rings. The van der Waals surface area contributed by atoms with Crippen LogP contribution in [0.4, 0.5) is 5.69 Å². The zero-order chi connectivity index (χ0) is 20.2. The molecular formula is C23H30ClN3O2. The van der Waals surface area contributed by atoms with Crippen LogP contribution in [0.3, 0.4) is 0 Å². The van der Waals surface area contributed by atoms with Gasteiger partial charge in [-0.25, -0.2) is 0 Å². The number of anilines is 1. The zero-order valence-corrected chi connectivity index (χ0v) is 17.8. The van der Waals surface area contributed by atoms with Gasteiger partial charge in [-0.2, -0.15) is 0 Å². The maximum atomic E-state index is 9.63. The number of phenolic OH excluding ortho intramolecular Hbond substituents is 1. The topological polar surface area (TPSA) is 39.2 Å². The molecule has 0 spiro atoms. The molecule has 156 valence electrons. The number of likely N-dealkylation sites (tertiary alicyclic amines) is 1. The molecule has 0 radical (unpaired) electrons. The van der Waals surface area contributed by atoms with Gasteiger partial charge in [0, 0.05) is 51.0 Å². The van der Waals surface area contributed by atoms with E-state index in [1.807, 2.05) is 24.3 Å². The van der Waals surface area contributed by atoms with E-state index in [1.54, 1.807) is 13.2 Å². The minimum Gasteiger partial charge on any atom is -0.506 e. The zero-order valence-electron chi connectivity index (χ0n) is 17.1. The second-order valence-corrected chi connectivity index (χ2v) is 8.45. The number of methoxy groups -OCH3 is 1. The summed E-state index contributed by atoms with van der Waals surface area (Å²) in [5, 5.41) is 10.1. The first kappa shape index (κ1) is 20.3. The Morgan fingerprint density at radius 1 is 1.03 bits per heavy atom. The SMILES string of the molecule is COc1ccc(N2CCN([C@H]3CCCN(Cc4ccc(O)c(Cl)c4)C3)CC2)cc1. The summed E-state index contributed by atoms with van der Waals surface area (Å²) >= 11 is 6.07. The highest BCUT2D eigenvalue weighted by molar-refractivity contribution is 6.32. The van der Waals surface area contributed by atoms with Gasteiger partial charge in [-0.3, -0.25) is 9.80 Å². The molecule has 0 saturated carbocycles. The quantitative estimate of drug-likeness (QED) is 0.803. The summed E-state index contributed by atoms with van der Waals surface area (Å²) in [6, 6.07) is 14.5. The minimum absolute atomic E-state index is 0.154. The highest BCUT2D eigenvalue weighted by Crippen LogP contribution is 2.26. The summed E-state index contributed by atoms with van der Waals surface area (Å²) < 4.78 is 5.27. The van der Waals surface area contributed by atoms with E-state index < -0.39 is 0 Å². The van der Waals surface area contributed by atoms with Crippen LogP contribution < -0.4 is 9.64 Å². The summed E-state index contributed by atoms with van der Waals surface area (Å²) in [5.41, 5.74) is 2.44. The average molecular weight is 416 g/mol. The van der Waals surface area contributed by atoms with Crippen LogP contribution in [0.1, 0.15) is 18.4 Å². The fourth-order valence-corrected chi connectivity index (χ4v) is 4.72. The number of piperidine rings is 1. The van der Waals surface area contributed by atoms with Gasteiger partial charge in [-0.1, -0.05) is 17.7 Å². The lowest BCUT2D eigenvalue weighted by Crippen LogP contribution is -2.55. The lowest BCUT2D eigenvalue weighted by Gasteiger charge is -2.44. The van der Waals surface area contributed by atoms with Crippen molar-refractivity contribution in [2.75, 3.05) is 51.3 Å². The highest BCUT2D eigenvalue weighted by atomic mass is 35.5. The van der Waals surface area contributed by atoms with Crippen molar-refractivity contribution in [1.82, 2.24) is 9.80 Å². The molecule has 4 rings (SSSR count). The van der Waals surface area contributed by atoms with Crippen LogP contribution in [0.15, 0.2) is 42.5 Å². The van der Waals surface area contributed by atoms with Gasteiger partial charge in [0.2, 0.25) is 0 Å². The van der Waals surface area contributed by atoms with Gasteiger partial charge in [0.15, 0.2) is 0 Å². The molecule has 2 aromatic carbocycles. The first-order valence-electron chi connectivity index (χ1n) is 10.4. The van der Waals surface area contributed by atoms with Crippen LogP contribution in [0.5, 0.6) is 11.5 Å². The molecule has 1 atom stereocenters. The number of benzene rings is 2. The fourth-order valence-electron chi connectivity index (χ4n) is 4.52. The fraction of sp³-hybridized carbons (Fsp3) is 0.478. The van der Waals surface area contributed by atoms with Crippen molar-refractivity contribution in [3.8, 4) is 11.5 Å². The number of piperazine rings is 1. The lowest BCUT2D eigenvalue weighted by molar-refractivity contribution is 0.0887. The molecule has 0 unspecified atom stereocenters. The number of hydrogen-bond donors (Lipinski definition) is 1. The molecule has 29 heavy (non-hydrogen) atoms. The van der Waals surface area contributed by atoms with E-state index in [-0.39, 0.29) is 5.75 Å². The number of phenols is 1. The van der Waals surface area contributed by atoms with Gasteiger partial charge in [-0.05, 0) is 61.3 Å². The molecule has 0 amide bonds. The van der Waals surface area contributed by atoms with Crippen LogP contribution in [0, 0.1) is 0 Å². The normalized spacial score (nSPS) is 21.3. The van der Waals surface area contributed by atoms with Gasteiger partial charge in [-0.15, -0.1) is 0 Å². The predicted molar refractivity (Wildman–Crippen MR) is 118 cm³/mol. The summed E-state index contributed by atoms with van der Waals surface area (Å²) in [5.74, 6) is 1.06. The van der Waals surface area contributed by atoms with Crippen LogP contribution in [0.2, 0.25) is 5.02 Å². The highest BCUT2D eigenvalue weighted by Gasteiger charge is 2.28. The first-order valence-corrected chi connectivity index (χ1v) is 10.8. The third-order valence-electron chi connectivity index (χ3n) is 6.17. The molecule has 2 saturated heterocycles. The molecule has 2 fully saturated rings. The van der Waals surface area contributed by atoms with E-state index in [0.717, 1.165) is 57.1 Å². The van der Waals surface area contributed by atoms with Crippen molar-refractivity contribution >= 4 is 17.3 Å². The molecule has 0 bridgehead atoms. The lowest BCUT2D eigenvalue weighted by atomic mass is 10.0. The maximum Gasteiger partial charge on any atom is 0.134 e. The van der Waals surface area contributed by atoms with E-state index in [4.69, 9.17) is 16.3 Å². The molecule has 0 aromatic heterocycles. The molecule has 2 aliphatic rings. The number of rotatable bonds is 5. The monoisotopic (exact) mass is 415 g/mol. The number of aromatic hydroxyl groups is 1. The Kier molecular flexibility index (Phi) is 6.48. The smallest absolute Gasteiger partial charge is 0.134 e. The molecule has 5 nitrogen and oxygen atoms in total. The Hall–Kier alpha value is -1.95. The maximum absolute atomic E-state index is 9.63. The van der Waals surface area contributed by atoms with Crippen molar-refractivity contribution < 1.29 is 9.84 Å². The van der Waals surface area contributed by atoms with Crippen molar-refractivity contribution in [2.45, 2.75) is 25.4 Å². The Balaban J connectivity index is 1.30. The van der Waals surface area contributed by atoms with Gasteiger partial charge >= 0.3 is 0 Å². The van der Waals surface area contributed by atoms with Gasteiger partial charge in [0.25, 0.3) is 0 Å². The van der Waals surface area contributed by atoms with Crippen LogP contribution in [-0.2, 0) is 6.54 Å². The van der Waals surface area contributed by atoms with E-state index in [1.165, 1.54) is 18.5 Å². The molecule has 2 heterocycles. The second-order valence-electron chi connectivity index (χ2n) is 8.04. The summed E-state index contributed by atoms with van der Waals surface area (Å²) in [6.45, 7) is 7.46. The number of nitrogens with zero attached hydrogens (tertiary/aromatic N) is 3. The van der Waals surface area contributed by atoms with Gasteiger partial charge < -0.3 is 14.7 Å². The second kappa shape index (κ2) is 9.24. The molecule has 0 aliphatic carbocycles. The Bertz CT molecular complexity index is 806. The van der Waals surface area contributed by atoms with E-state index in [9.17, 15) is 5.11 Å². The number of ether oxygens (including phenoxy) is 1. The van der Waals surface area contributed by atoms with E-state index in [0.29, 0.717) is 11.1 Å². The predicted octanol–water partition coefficient (Wildman–Crippen LogP) is 3.84. The summed E-state index contributed by atoms with van der Waals surface area (Å²) in [4.78, 5) is 7.65. The molecular weight excluding hydrogens is 386 g/mol. The van der Waals surface area contributed by atoms with Crippen molar-refractivity contribution in [3.63, 3.8) is 0 Å². The van der Waals surface area contributed by atoms with E-state index in [2.05, 4.69) is 26.8 Å². The standard InChI is InChI=1S/C23H30ClN3O2/c1-29-21-7-5-19(6-8-21)26-11-13-27(14-12-26)20-3-2-10-25(17-20)16-18-4-9-23(28)22(24)15-18/h4-9,15,20,28H,2-3,10-14,16-17H2,1H3/t20-/m0/s1. The minimum atomic E-state index is 0.154. The van der Waals surface area contributed by atoms with Crippen LogP contribution in [-0.4, -0.2) is 67.3 Å². The Morgan fingerprint density at radius 2 is 1.79 bits per heavy atom. The van der Waals surface area contributed by atoms with Crippen LogP contribution in [0.25, 0.3) is 0 Å². The molecule has 1 N–H and O–H groups in total. The third-order valence-corrected chi connectivity index (χ3v) is 6.47.